The fourth-order valence-electron chi connectivity index (χ4n) is 2.01. The van der Waals surface area contributed by atoms with Gasteiger partial charge in [0.05, 0.1) is 24.7 Å². The summed E-state index contributed by atoms with van der Waals surface area (Å²) in [5, 5.41) is 0. The first-order valence-corrected chi connectivity index (χ1v) is 8.22. The van der Waals surface area contributed by atoms with Gasteiger partial charge in [0.25, 0.3) is 0 Å². The Labute approximate surface area is 126 Å². The number of anilines is 1. The average molecular weight is 316 g/mol. The molecule has 1 aromatic carbocycles. The number of nitrogens with two attached hydrogens (primary N) is 1. The van der Waals surface area contributed by atoms with Crippen LogP contribution in [0.5, 0.6) is 0 Å². The Balaban J connectivity index is 2.80. The van der Waals surface area contributed by atoms with Gasteiger partial charge in [0.2, 0.25) is 10.0 Å². The molecule has 120 valence electrons. The molecule has 0 amide bonds. The van der Waals surface area contributed by atoms with E-state index in [2.05, 4.69) is 4.72 Å². The average Bonchev–Trinajstić information content (AvgIpc) is 2.40. The molecule has 0 spiro atoms. The number of hydrogen-bond donors (Lipinski definition) is 2. The fourth-order valence-corrected chi connectivity index (χ4v) is 3.59. The summed E-state index contributed by atoms with van der Waals surface area (Å²) in [6, 6.07) is 1.79. The molecular formula is C14H24N2O4S. The SMILES string of the molecule is COCCOCCNS(=O)(=O)c1c(C)c(C)cc(N)c1C. The Bertz CT molecular complexity index is 559. The van der Waals surface area contributed by atoms with Crippen LogP contribution in [-0.2, 0) is 19.5 Å². The van der Waals surface area contributed by atoms with Crippen molar-refractivity contribution in [1.82, 2.24) is 4.72 Å². The van der Waals surface area contributed by atoms with Crippen molar-refractivity contribution in [2.45, 2.75) is 25.7 Å². The third-order valence-corrected chi connectivity index (χ3v) is 5.05. The van der Waals surface area contributed by atoms with E-state index in [1.54, 1.807) is 27.0 Å². The van der Waals surface area contributed by atoms with Crippen molar-refractivity contribution in [2.75, 3.05) is 39.2 Å². The molecule has 1 aromatic rings. The van der Waals surface area contributed by atoms with Gasteiger partial charge in [0.15, 0.2) is 0 Å². The second-order valence-corrected chi connectivity index (χ2v) is 6.57. The first-order valence-electron chi connectivity index (χ1n) is 6.74. The number of aryl methyl sites for hydroxylation is 1. The topological polar surface area (TPSA) is 90.6 Å². The summed E-state index contributed by atoms with van der Waals surface area (Å²) >= 11 is 0. The van der Waals surface area contributed by atoms with E-state index in [-0.39, 0.29) is 11.4 Å². The van der Waals surface area contributed by atoms with Gasteiger partial charge in [0, 0.05) is 19.3 Å². The van der Waals surface area contributed by atoms with Crippen molar-refractivity contribution in [1.29, 1.82) is 0 Å². The van der Waals surface area contributed by atoms with Crippen LogP contribution in [0.3, 0.4) is 0 Å². The first-order chi connectivity index (χ1) is 9.81. The molecule has 0 aromatic heterocycles. The Morgan fingerprint density at radius 2 is 1.81 bits per heavy atom. The van der Waals surface area contributed by atoms with Gasteiger partial charge in [-0.15, -0.1) is 0 Å². The number of ether oxygens (including phenoxy) is 2. The van der Waals surface area contributed by atoms with Crippen LogP contribution in [0.4, 0.5) is 5.69 Å². The summed E-state index contributed by atoms with van der Waals surface area (Å²) in [7, 11) is -2.02. The minimum atomic E-state index is -3.60. The van der Waals surface area contributed by atoms with Gasteiger partial charge in [0.1, 0.15) is 0 Å². The van der Waals surface area contributed by atoms with Crippen LogP contribution in [0.25, 0.3) is 0 Å². The van der Waals surface area contributed by atoms with E-state index < -0.39 is 10.0 Å². The van der Waals surface area contributed by atoms with E-state index in [0.717, 1.165) is 11.1 Å². The Hall–Kier alpha value is -1.15. The predicted molar refractivity (Wildman–Crippen MR) is 82.9 cm³/mol. The lowest BCUT2D eigenvalue weighted by Crippen LogP contribution is -2.29. The third-order valence-electron chi connectivity index (χ3n) is 3.32. The molecule has 0 unspecified atom stereocenters. The summed E-state index contributed by atoms with van der Waals surface area (Å²) in [5.41, 5.74) is 8.50. The number of nitrogens with one attached hydrogen (secondary N) is 1. The summed E-state index contributed by atoms with van der Waals surface area (Å²) in [6.07, 6.45) is 0. The van der Waals surface area contributed by atoms with Crippen molar-refractivity contribution < 1.29 is 17.9 Å². The van der Waals surface area contributed by atoms with Crippen molar-refractivity contribution in [3.8, 4) is 0 Å². The van der Waals surface area contributed by atoms with Crippen LogP contribution in [0.15, 0.2) is 11.0 Å². The molecule has 0 radical (unpaired) electrons. The summed E-state index contributed by atoms with van der Waals surface area (Å²) in [5.74, 6) is 0. The zero-order valence-electron chi connectivity index (χ0n) is 13.0. The highest BCUT2D eigenvalue weighted by Crippen LogP contribution is 2.27. The van der Waals surface area contributed by atoms with E-state index in [9.17, 15) is 8.42 Å². The van der Waals surface area contributed by atoms with Gasteiger partial charge < -0.3 is 15.2 Å². The van der Waals surface area contributed by atoms with Crippen LogP contribution in [-0.4, -0.2) is 41.9 Å². The Morgan fingerprint density at radius 3 is 2.43 bits per heavy atom. The molecule has 0 aliphatic rings. The molecule has 21 heavy (non-hydrogen) atoms. The number of hydrogen-bond acceptors (Lipinski definition) is 5. The molecule has 6 nitrogen and oxygen atoms in total. The van der Waals surface area contributed by atoms with E-state index in [1.165, 1.54) is 0 Å². The molecule has 0 saturated carbocycles. The second kappa shape index (κ2) is 7.74. The summed E-state index contributed by atoms with van der Waals surface area (Å²) in [4.78, 5) is 0.261. The minimum absolute atomic E-state index is 0.207. The number of nitrogen functional groups attached to an aromatic ring is 1. The quantitative estimate of drug-likeness (QED) is 0.554. The molecule has 0 heterocycles. The van der Waals surface area contributed by atoms with Gasteiger partial charge >= 0.3 is 0 Å². The van der Waals surface area contributed by atoms with Crippen LogP contribution in [0.1, 0.15) is 16.7 Å². The molecule has 3 N–H and O–H groups in total. The van der Waals surface area contributed by atoms with Gasteiger partial charge in [-0.25, -0.2) is 13.1 Å². The lowest BCUT2D eigenvalue weighted by Gasteiger charge is -2.16. The maximum atomic E-state index is 12.4. The van der Waals surface area contributed by atoms with Crippen LogP contribution in [0.2, 0.25) is 0 Å². The molecule has 0 aliphatic heterocycles. The second-order valence-electron chi connectivity index (χ2n) is 4.86. The van der Waals surface area contributed by atoms with Gasteiger partial charge in [-0.05, 0) is 43.5 Å². The predicted octanol–water partition coefficient (Wildman–Crippen LogP) is 1.14. The Kier molecular flexibility index (Phi) is 6.60. The van der Waals surface area contributed by atoms with Crippen molar-refractivity contribution in [3.05, 3.63) is 22.8 Å². The number of sulfonamides is 1. The monoisotopic (exact) mass is 316 g/mol. The molecule has 7 heteroatoms. The smallest absolute Gasteiger partial charge is 0.241 e. The molecule has 0 atom stereocenters. The summed E-state index contributed by atoms with van der Waals surface area (Å²) < 4.78 is 37.5. The largest absolute Gasteiger partial charge is 0.398 e. The summed E-state index contributed by atoms with van der Waals surface area (Å²) in [6.45, 7) is 6.77. The molecule has 0 bridgehead atoms. The van der Waals surface area contributed by atoms with E-state index in [4.69, 9.17) is 15.2 Å². The van der Waals surface area contributed by atoms with Gasteiger partial charge in [-0.3, -0.25) is 0 Å². The first kappa shape index (κ1) is 17.9. The number of rotatable bonds is 8. The lowest BCUT2D eigenvalue weighted by molar-refractivity contribution is 0.0736. The standard InChI is InChI=1S/C14H24N2O4S/c1-10-9-13(15)12(3)14(11(10)2)21(17,18)16-5-6-20-8-7-19-4/h9,16H,5-8,15H2,1-4H3. The lowest BCUT2D eigenvalue weighted by atomic mass is 10.1. The fraction of sp³-hybridized carbons (Fsp3) is 0.571. The van der Waals surface area contributed by atoms with E-state index in [0.29, 0.717) is 31.1 Å². The zero-order valence-corrected chi connectivity index (χ0v) is 13.8. The van der Waals surface area contributed by atoms with Crippen molar-refractivity contribution in [3.63, 3.8) is 0 Å². The zero-order chi connectivity index (χ0) is 16.0. The van der Waals surface area contributed by atoms with Crippen LogP contribution >= 0.6 is 0 Å². The third kappa shape index (κ3) is 4.67. The van der Waals surface area contributed by atoms with Crippen molar-refractivity contribution >= 4 is 15.7 Å². The maximum Gasteiger partial charge on any atom is 0.241 e. The molecular weight excluding hydrogens is 292 g/mol. The van der Waals surface area contributed by atoms with Gasteiger partial charge in [-0.1, -0.05) is 0 Å². The van der Waals surface area contributed by atoms with Crippen LogP contribution < -0.4 is 10.5 Å². The minimum Gasteiger partial charge on any atom is -0.398 e. The molecule has 0 aliphatic carbocycles. The van der Waals surface area contributed by atoms with E-state index in [1.807, 2.05) is 6.92 Å². The highest BCUT2D eigenvalue weighted by molar-refractivity contribution is 7.89. The number of methoxy groups -OCH3 is 1. The van der Waals surface area contributed by atoms with E-state index >= 15 is 0 Å². The Morgan fingerprint density at radius 1 is 1.14 bits per heavy atom. The molecule has 1 rings (SSSR count). The van der Waals surface area contributed by atoms with Crippen molar-refractivity contribution in [2.24, 2.45) is 0 Å². The molecule has 0 fully saturated rings. The molecule has 0 saturated heterocycles. The number of benzene rings is 1. The van der Waals surface area contributed by atoms with Gasteiger partial charge in [-0.2, -0.15) is 0 Å². The van der Waals surface area contributed by atoms with Crippen LogP contribution in [0, 0.1) is 20.8 Å². The maximum absolute atomic E-state index is 12.4. The highest BCUT2D eigenvalue weighted by atomic mass is 32.2. The normalized spacial score (nSPS) is 11.8. The highest BCUT2D eigenvalue weighted by Gasteiger charge is 2.21.